The maximum atomic E-state index is 12.0. The second-order valence-corrected chi connectivity index (χ2v) is 6.70. The zero-order valence-corrected chi connectivity index (χ0v) is 12.6. The van der Waals surface area contributed by atoms with Crippen molar-refractivity contribution in [1.29, 1.82) is 0 Å². The Morgan fingerprint density at radius 2 is 2.00 bits per heavy atom. The fourth-order valence-electron chi connectivity index (χ4n) is 3.74. The zero-order valence-electron chi connectivity index (χ0n) is 12.6. The summed E-state index contributed by atoms with van der Waals surface area (Å²) >= 11 is 0. The van der Waals surface area contributed by atoms with Crippen LogP contribution in [0.5, 0.6) is 0 Å². The largest absolute Gasteiger partial charge is 0.358 e. The summed E-state index contributed by atoms with van der Waals surface area (Å²) in [7, 11) is 1.72. The predicted molar refractivity (Wildman–Crippen MR) is 78.8 cm³/mol. The number of allylic oxidation sites excluding steroid dienone is 2. The first-order valence-corrected chi connectivity index (χ1v) is 7.67. The Morgan fingerprint density at radius 1 is 1.26 bits per heavy atom. The van der Waals surface area contributed by atoms with Crippen molar-refractivity contribution in [3.8, 4) is 0 Å². The van der Waals surface area contributed by atoms with Gasteiger partial charge in [0, 0.05) is 13.1 Å². The summed E-state index contributed by atoms with van der Waals surface area (Å²) in [6.45, 7) is 6.58. The maximum absolute atomic E-state index is 12.0. The maximum Gasteiger partial charge on any atom is 0.236 e. The molecule has 2 N–H and O–H groups in total. The molecule has 0 aromatic heterocycles. The van der Waals surface area contributed by atoms with Crippen LogP contribution >= 0.6 is 0 Å². The number of hydrogen-bond acceptors (Lipinski definition) is 2. The molecule has 1 fully saturated rings. The average Bonchev–Trinajstić information content (AvgIpc) is 2.98. The lowest BCUT2D eigenvalue weighted by atomic mass is 9.87. The molecular formula is C16H28N2O. The lowest BCUT2D eigenvalue weighted by molar-refractivity contribution is -0.123. The standard InChI is InChI=1S/C16H28N2O/c1-10(2)7-15(16(19)17-4)18-11(3)14-9-12-5-6-13(14)8-12/h5-6,10-15,18H,7-9H2,1-4H3,(H,17,19). The molecule has 19 heavy (non-hydrogen) atoms. The first kappa shape index (κ1) is 14.6. The molecule has 0 radical (unpaired) electrons. The van der Waals surface area contributed by atoms with Gasteiger partial charge < -0.3 is 10.6 Å². The molecule has 3 nitrogen and oxygen atoms in total. The molecule has 0 aromatic carbocycles. The fourth-order valence-corrected chi connectivity index (χ4v) is 3.74. The summed E-state index contributed by atoms with van der Waals surface area (Å²) in [5, 5.41) is 6.36. The Kier molecular flexibility index (Phi) is 4.67. The van der Waals surface area contributed by atoms with Crippen LogP contribution in [0.4, 0.5) is 0 Å². The van der Waals surface area contributed by atoms with Gasteiger partial charge >= 0.3 is 0 Å². The summed E-state index contributed by atoms with van der Waals surface area (Å²) in [4.78, 5) is 12.0. The normalized spacial score (nSPS) is 31.7. The van der Waals surface area contributed by atoms with Gasteiger partial charge in [-0.15, -0.1) is 0 Å². The highest BCUT2D eigenvalue weighted by Crippen LogP contribution is 2.44. The summed E-state index contributed by atoms with van der Waals surface area (Å²) in [6, 6.07) is 0.365. The van der Waals surface area contributed by atoms with E-state index in [1.54, 1.807) is 7.05 Å². The van der Waals surface area contributed by atoms with Gasteiger partial charge in [0.1, 0.15) is 0 Å². The fraction of sp³-hybridized carbons (Fsp3) is 0.812. The number of amides is 1. The van der Waals surface area contributed by atoms with Crippen LogP contribution in [0.3, 0.4) is 0 Å². The van der Waals surface area contributed by atoms with E-state index < -0.39 is 0 Å². The van der Waals surface area contributed by atoms with Gasteiger partial charge in [0.2, 0.25) is 5.91 Å². The third-order valence-electron chi connectivity index (χ3n) is 4.71. The second kappa shape index (κ2) is 6.08. The van der Waals surface area contributed by atoms with Crippen LogP contribution in [0.25, 0.3) is 0 Å². The Bertz CT molecular complexity index is 351. The first-order chi connectivity index (χ1) is 9.01. The van der Waals surface area contributed by atoms with E-state index in [1.165, 1.54) is 12.8 Å². The number of hydrogen-bond donors (Lipinski definition) is 2. The van der Waals surface area contributed by atoms with Crippen molar-refractivity contribution in [2.45, 2.75) is 52.1 Å². The zero-order chi connectivity index (χ0) is 14.0. The molecule has 5 unspecified atom stereocenters. The summed E-state index contributed by atoms with van der Waals surface area (Å²) in [6.07, 6.45) is 8.27. The van der Waals surface area contributed by atoms with Crippen LogP contribution < -0.4 is 10.6 Å². The molecule has 0 saturated heterocycles. The van der Waals surface area contributed by atoms with Gasteiger partial charge in [-0.3, -0.25) is 4.79 Å². The molecule has 0 heterocycles. The smallest absolute Gasteiger partial charge is 0.236 e. The van der Waals surface area contributed by atoms with E-state index in [4.69, 9.17) is 0 Å². The molecule has 0 aromatic rings. The number of likely N-dealkylation sites (N-methyl/N-ethyl adjacent to an activating group) is 1. The lowest BCUT2D eigenvalue weighted by Gasteiger charge is -2.30. The van der Waals surface area contributed by atoms with E-state index in [0.29, 0.717) is 17.9 Å². The van der Waals surface area contributed by atoms with E-state index in [9.17, 15) is 4.79 Å². The van der Waals surface area contributed by atoms with Gasteiger partial charge in [0.15, 0.2) is 0 Å². The monoisotopic (exact) mass is 264 g/mol. The van der Waals surface area contributed by atoms with Crippen LogP contribution in [0, 0.1) is 23.7 Å². The lowest BCUT2D eigenvalue weighted by Crippen LogP contribution is -2.50. The minimum Gasteiger partial charge on any atom is -0.358 e. The number of fused-ring (bicyclic) bond motifs is 2. The highest BCUT2D eigenvalue weighted by atomic mass is 16.2. The first-order valence-electron chi connectivity index (χ1n) is 7.67. The van der Waals surface area contributed by atoms with Crippen molar-refractivity contribution in [2.75, 3.05) is 7.05 Å². The van der Waals surface area contributed by atoms with Crippen LogP contribution in [0.1, 0.15) is 40.0 Å². The molecule has 108 valence electrons. The number of nitrogens with one attached hydrogen (secondary N) is 2. The Hall–Kier alpha value is -0.830. The Labute approximate surface area is 117 Å². The van der Waals surface area contributed by atoms with E-state index >= 15 is 0 Å². The van der Waals surface area contributed by atoms with Gasteiger partial charge in [0.25, 0.3) is 0 Å². The van der Waals surface area contributed by atoms with E-state index in [0.717, 1.165) is 18.3 Å². The van der Waals surface area contributed by atoms with Gasteiger partial charge in [-0.05, 0) is 49.9 Å². The number of carbonyl (C=O) groups is 1. The molecule has 3 heteroatoms. The SMILES string of the molecule is CNC(=O)C(CC(C)C)NC(C)C1CC2C=CC1C2. The second-order valence-electron chi connectivity index (χ2n) is 6.70. The van der Waals surface area contributed by atoms with Gasteiger partial charge in [-0.2, -0.15) is 0 Å². The summed E-state index contributed by atoms with van der Waals surface area (Å²) < 4.78 is 0. The topological polar surface area (TPSA) is 41.1 Å². The van der Waals surface area contributed by atoms with Crippen molar-refractivity contribution in [3.05, 3.63) is 12.2 Å². The molecule has 1 amide bonds. The molecular weight excluding hydrogens is 236 g/mol. The van der Waals surface area contributed by atoms with Crippen LogP contribution in [-0.4, -0.2) is 25.0 Å². The van der Waals surface area contributed by atoms with Crippen molar-refractivity contribution in [3.63, 3.8) is 0 Å². The van der Waals surface area contributed by atoms with Crippen LogP contribution in [-0.2, 0) is 4.79 Å². The van der Waals surface area contributed by atoms with E-state index in [2.05, 4.69) is 43.6 Å². The predicted octanol–water partition coefficient (Wildman–Crippen LogP) is 2.34. The highest BCUT2D eigenvalue weighted by Gasteiger charge is 2.39. The molecule has 2 aliphatic carbocycles. The number of rotatable bonds is 6. The van der Waals surface area contributed by atoms with E-state index in [1.807, 2.05) is 0 Å². The minimum absolute atomic E-state index is 0.0527. The minimum atomic E-state index is -0.0527. The molecule has 2 rings (SSSR count). The quantitative estimate of drug-likeness (QED) is 0.723. The van der Waals surface area contributed by atoms with Gasteiger partial charge in [0.05, 0.1) is 6.04 Å². The molecule has 1 saturated carbocycles. The average molecular weight is 264 g/mol. The summed E-state index contributed by atoms with van der Waals surface area (Å²) in [5.41, 5.74) is 0. The summed E-state index contributed by atoms with van der Waals surface area (Å²) in [5.74, 6) is 2.88. The third kappa shape index (κ3) is 3.38. The van der Waals surface area contributed by atoms with Crippen molar-refractivity contribution < 1.29 is 4.79 Å². The number of carbonyl (C=O) groups excluding carboxylic acids is 1. The van der Waals surface area contributed by atoms with Crippen molar-refractivity contribution in [1.82, 2.24) is 10.6 Å². The molecule has 2 aliphatic rings. The molecule has 0 spiro atoms. The highest BCUT2D eigenvalue weighted by molar-refractivity contribution is 5.81. The van der Waals surface area contributed by atoms with Gasteiger partial charge in [-0.25, -0.2) is 0 Å². The van der Waals surface area contributed by atoms with E-state index in [-0.39, 0.29) is 11.9 Å². The Balaban J connectivity index is 1.92. The van der Waals surface area contributed by atoms with Crippen molar-refractivity contribution in [2.24, 2.45) is 23.7 Å². The van der Waals surface area contributed by atoms with Gasteiger partial charge in [-0.1, -0.05) is 26.0 Å². The molecule has 0 aliphatic heterocycles. The Morgan fingerprint density at radius 3 is 2.47 bits per heavy atom. The van der Waals surface area contributed by atoms with Crippen molar-refractivity contribution >= 4 is 5.91 Å². The molecule has 2 bridgehead atoms. The third-order valence-corrected chi connectivity index (χ3v) is 4.71. The van der Waals surface area contributed by atoms with Crippen LogP contribution in [0.2, 0.25) is 0 Å². The molecule has 5 atom stereocenters. The van der Waals surface area contributed by atoms with Crippen LogP contribution in [0.15, 0.2) is 12.2 Å².